The number of aliphatic imine (C=N–C) groups is 1. The zero-order valence-electron chi connectivity index (χ0n) is 15.0. The first-order chi connectivity index (χ1) is 12.6. The zero-order valence-corrected chi connectivity index (χ0v) is 15.0. The number of carbonyl (C=O) groups excluding carboxylic acids is 1. The molecular weight excluding hydrogens is 334 g/mol. The maximum Gasteiger partial charge on any atom is 0.363 e. The average molecular weight is 353 g/mol. The van der Waals surface area contributed by atoms with Gasteiger partial charge in [-0.1, -0.05) is 18.2 Å². The third kappa shape index (κ3) is 3.26. The van der Waals surface area contributed by atoms with Gasteiger partial charge in [0.15, 0.2) is 17.2 Å². The standard InChI is InChI=1S/C20H19NO5/c1-12-7-5-6-8-14(12)19-21-15(20(22)26-19)9-13-10-17(24-3)18(25-4)11-16(13)23-2/h5-11H,1-4H3/b15-9-. The van der Waals surface area contributed by atoms with Crippen LogP contribution in [0, 0.1) is 6.92 Å². The summed E-state index contributed by atoms with van der Waals surface area (Å²) in [6.45, 7) is 1.94. The van der Waals surface area contributed by atoms with Crippen molar-refractivity contribution in [1.82, 2.24) is 0 Å². The van der Waals surface area contributed by atoms with Crippen molar-refractivity contribution in [2.45, 2.75) is 6.92 Å². The number of benzene rings is 2. The Morgan fingerprint density at radius 2 is 1.62 bits per heavy atom. The van der Waals surface area contributed by atoms with Crippen molar-refractivity contribution in [3.05, 3.63) is 58.8 Å². The highest BCUT2D eigenvalue weighted by Crippen LogP contribution is 2.36. The van der Waals surface area contributed by atoms with Crippen molar-refractivity contribution in [3.63, 3.8) is 0 Å². The average Bonchev–Trinajstić information content (AvgIpc) is 3.01. The van der Waals surface area contributed by atoms with E-state index in [1.54, 1.807) is 32.4 Å². The predicted molar refractivity (Wildman–Crippen MR) is 97.9 cm³/mol. The molecule has 26 heavy (non-hydrogen) atoms. The molecule has 0 amide bonds. The molecule has 3 rings (SSSR count). The normalized spacial score (nSPS) is 14.8. The van der Waals surface area contributed by atoms with E-state index in [9.17, 15) is 4.79 Å². The monoisotopic (exact) mass is 353 g/mol. The molecule has 0 fully saturated rings. The largest absolute Gasteiger partial charge is 0.496 e. The molecule has 0 aliphatic carbocycles. The first-order valence-corrected chi connectivity index (χ1v) is 7.96. The minimum absolute atomic E-state index is 0.189. The Kier molecular flexibility index (Phi) is 4.93. The molecule has 0 saturated carbocycles. The van der Waals surface area contributed by atoms with Gasteiger partial charge in [-0.3, -0.25) is 0 Å². The fourth-order valence-corrected chi connectivity index (χ4v) is 2.65. The summed E-state index contributed by atoms with van der Waals surface area (Å²) in [5, 5.41) is 0. The third-order valence-corrected chi connectivity index (χ3v) is 4.02. The van der Waals surface area contributed by atoms with Gasteiger partial charge in [-0.25, -0.2) is 9.79 Å². The maximum atomic E-state index is 12.2. The summed E-state index contributed by atoms with van der Waals surface area (Å²) in [6.07, 6.45) is 1.61. The molecule has 0 radical (unpaired) electrons. The maximum absolute atomic E-state index is 12.2. The second-order valence-electron chi connectivity index (χ2n) is 5.60. The van der Waals surface area contributed by atoms with Crippen LogP contribution in [0.5, 0.6) is 17.2 Å². The van der Waals surface area contributed by atoms with Crippen LogP contribution in [0.3, 0.4) is 0 Å². The lowest BCUT2D eigenvalue weighted by molar-refractivity contribution is -0.129. The Bertz CT molecular complexity index is 914. The van der Waals surface area contributed by atoms with Crippen LogP contribution in [0.25, 0.3) is 6.08 Å². The summed E-state index contributed by atoms with van der Waals surface area (Å²) in [5.74, 6) is 1.36. The second kappa shape index (κ2) is 7.31. The molecule has 6 nitrogen and oxygen atoms in total. The molecule has 2 aromatic rings. The Morgan fingerprint density at radius 1 is 0.962 bits per heavy atom. The Labute approximate surface area is 151 Å². The first kappa shape index (κ1) is 17.5. The van der Waals surface area contributed by atoms with Gasteiger partial charge >= 0.3 is 5.97 Å². The lowest BCUT2D eigenvalue weighted by Crippen LogP contribution is -2.06. The highest BCUT2D eigenvalue weighted by molar-refractivity contribution is 6.13. The van der Waals surface area contributed by atoms with Crippen LogP contribution in [-0.4, -0.2) is 33.2 Å². The van der Waals surface area contributed by atoms with Crippen molar-refractivity contribution in [2.75, 3.05) is 21.3 Å². The lowest BCUT2D eigenvalue weighted by atomic mass is 10.1. The summed E-state index contributed by atoms with van der Waals surface area (Å²) < 4.78 is 21.3. The minimum atomic E-state index is -0.514. The fraction of sp³-hybridized carbons (Fsp3) is 0.200. The quantitative estimate of drug-likeness (QED) is 0.609. The molecule has 0 N–H and O–H groups in total. The number of carbonyl (C=O) groups is 1. The van der Waals surface area contributed by atoms with Crippen molar-refractivity contribution >= 4 is 17.9 Å². The summed E-state index contributed by atoms with van der Waals surface area (Å²) in [7, 11) is 4.63. The minimum Gasteiger partial charge on any atom is -0.496 e. The first-order valence-electron chi connectivity index (χ1n) is 7.96. The van der Waals surface area contributed by atoms with Crippen LogP contribution in [0.2, 0.25) is 0 Å². The molecule has 1 aliphatic heterocycles. The molecule has 0 unspecified atom stereocenters. The van der Waals surface area contributed by atoms with Crippen LogP contribution in [0.1, 0.15) is 16.7 Å². The number of cyclic esters (lactones) is 1. The predicted octanol–water partition coefficient (Wildman–Crippen LogP) is 3.37. The molecule has 6 heteroatoms. The number of nitrogens with zero attached hydrogens (tertiary/aromatic N) is 1. The van der Waals surface area contributed by atoms with E-state index in [0.717, 1.165) is 11.1 Å². The van der Waals surface area contributed by atoms with E-state index in [-0.39, 0.29) is 5.70 Å². The number of ether oxygens (including phenoxy) is 4. The lowest BCUT2D eigenvalue weighted by Gasteiger charge is -2.12. The number of esters is 1. The Morgan fingerprint density at radius 3 is 2.27 bits per heavy atom. The Hall–Kier alpha value is -3.28. The van der Waals surface area contributed by atoms with Gasteiger partial charge in [0.05, 0.1) is 21.3 Å². The van der Waals surface area contributed by atoms with Crippen molar-refractivity contribution in [1.29, 1.82) is 0 Å². The molecule has 0 spiro atoms. The zero-order chi connectivity index (χ0) is 18.7. The van der Waals surface area contributed by atoms with E-state index in [4.69, 9.17) is 18.9 Å². The van der Waals surface area contributed by atoms with Crippen LogP contribution in [-0.2, 0) is 9.53 Å². The van der Waals surface area contributed by atoms with Crippen LogP contribution < -0.4 is 14.2 Å². The van der Waals surface area contributed by atoms with E-state index in [1.807, 2.05) is 31.2 Å². The molecular formula is C20H19NO5. The van der Waals surface area contributed by atoms with E-state index >= 15 is 0 Å². The van der Waals surface area contributed by atoms with E-state index in [0.29, 0.717) is 28.7 Å². The smallest absolute Gasteiger partial charge is 0.363 e. The van der Waals surface area contributed by atoms with Crippen molar-refractivity contribution in [2.24, 2.45) is 4.99 Å². The second-order valence-corrected chi connectivity index (χ2v) is 5.60. The molecule has 0 aromatic heterocycles. The number of rotatable bonds is 5. The summed E-state index contributed by atoms with van der Waals surface area (Å²) in [5.41, 5.74) is 2.58. The van der Waals surface area contributed by atoms with Gasteiger partial charge in [-0.15, -0.1) is 0 Å². The number of aryl methyl sites for hydroxylation is 1. The molecule has 0 bridgehead atoms. The molecule has 2 aromatic carbocycles. The Balaban J connectivity index is 2.04. The van der Waals surface area contributed by atoms with E-state index < -0.39 is 5.97 Å². The molecule has 0 saturated heterocycles. The van der Waals surface area contributed by atoms with Gasteiger partial charge in [-0.2, -0.15) is 0 Å². The van der Waals surface area contributed by atoms with Gasteiger partial charge in [-0.05, 0) is 30.7 Å². The highest BCUT2D eigenvalue weighted by Gasteiger charge is 2.25. The van der Waals surface area contributed by atoms with Gasteiger partial charge < -0.3 is 18.9 Å². The molecule has 1 aliphatic rings. The molecule has 1 heterocycles. The van der Waals surface area contributed by atoms with Crippen LogP contribution in [0.4, 0.5) is 0 Å². The van der Waals surface area contributed by atoms with Crippen molar-refractivity contribution < 1.29 is 23.7 Å². The van der Waals surface area contributed by atoms with Crippen LogP contribution >= 0.6 is 0 Å². The van der Waals surface area contributed by atoms with Gasteiger partial charge in [0.1, 0.15) is 5.75 Å². The number of hydrogen-bond acceptors (Lipinski definition) is 6. The summed E-state index contributed by atoms with van der Waals surface area (Å²) in [6, 6.07) is 11.0. The topological polar surface area (TPSA) is 66.3 Å². The van der Waals surface area contributed by atoms with Gasteiger partial charge in [0.25, 0.3) is 0 Å². The summed E-state index contributed by atoms with van der Waals surface area (Å²) in [4.78, 5) is 16.6. The summed E-state index contributed by atoms with van der Waals surface area (Å²) >= 11 is 0. The SMILES string of the molecule is COc1cc(OC)c(OC)cc1/C=C1\N=C(c2ccccc2C)OC1=O. The number of hydrogen-bond donors (Lipinski definition) is 0. The van der Waals surface area contributed by atoms with E-state index in [1.165, 1.54) is 7.11 Å². The molecule has 134 valence electrons. The van der Waals surface area contributed by atoms with E-state index in [2.05, 4.69) is 4.99 Å². The number of methoxy groups -OCH3 is 3. The van der Waals surface area contributed by atoms with Crippen LogP contribution in [0.15, 0.2) is 47.1 Å². The van der Waals surface area contributed by atoms with Gasteiger partial charge in [0, 0.05) is 17.2 Å². The molecule has 0 atom stereocenters. The fourth-order valence-electron chi connectivity index (χ4n) is 2.65. The van der Waals surface area contributed by atoms with Crippen molar-refractivity contribution in [3.8, 4) is 17.2 Å². The van der Waals surface area contributed by atoms with Gasteiger partial charge in [0.2, 0.25) is 5.90 Å². The third-order valence-electron chi connectivity index (χ3n) is 4.02. The highest BCUT2D eigenvalue weighted by atomic mass is 16.6.